The number of hydrogen-bond acceptors (Lipinski definition) is 4. The van der Waals surface area contributed by atoms with Crippen molar-refractivity contribution in [3.63, 3.8) is 0 Å². The molecule has 2 aromatic heterocycles. The van der Waals surface area contributed by atoms with Gasteiger partial charge < -0.3 is 4.42 Å². The van der Waals surface area contributed by atoms with Crippen molar-refractivity contribution in [2.24, 2.45) is 0 Å². The van der Waals surface area contributed by atoms with Crippen LogP contribution in [0.25, 0.3) is 56.1 Å². The van der Waals surface area contributed by atoms with Crippen LogP contribution < -0.4 is 0 Å². The minimum Gasteiger partial charge on any atom is -0.451 e. The molecular formula is C29H22N3OS+. The number of fused-ring (bicyclic) bond motifs is 3. The van der Waals surface area contributed by atoms with E-state index in [2.05, 4.69) is 42.8 Å². The Morgan fingerprint density at radius 2 is 1.15 bits per heavy atom. The number of para-hydroxylation sites is 1. The summed E-state index contributed by atoms with van der Waals surface area (Å²) in [5.41, 5.74) is 4.62. The lowest BCUT2D eigenvalue weighted by atomic mass is 10.1. The van der Waals surface area contributed by atoms with E-state index in [1.807, 2.05) is 66.7 Å². The second-order valence-corrected chi connectivity index (χ2v) is 10.4. The Hall–Kier alpha value is -3.96. The van der Waals surface area contributed by atoms with E-state index >= 15 is 0 Å². The van der Waals surface area contributed by atoms with Gasteiger partial charge in [0.15, 0.2) is 28.0 Å². The van der Waals surface area contributed by atoms with Crippen LogP contribution >= 0.6 is 0 Å². The molecule has 0 saturated heterocycles. The predicted molar refractivity (Wildman–Crippen MR) is 141 cm³/mol. The molecule has 6 aromatic rings. The van der Waals surface area contributed by atoms with Crippen LogP contribution in [0.3, 0.4) is 0 Å². The smallest absolute Gasteiger partial charge is 0.197 e. The van der Waals surface area contributed by atoms with Gasteiger partial charge in [-0.05, 0) is 18.2 Å². The van der Waals surface area contributed by atoms with E-state index in [-0.39, 0.29) is 10.9 Å². The highest BCUT2D eigenvalue weighted by molar-refractivity contribution is 7.95. The molecule has 0 bridgehead atoms. The fourth-order valence-electron chi connectivity index (χ4n) is 4.17. The SMILES string of the molecule is C[S+](C)c1cccc2c1oc1cc(-c3nc(-c4ccccc4)nc(-c4ccccc4)n3)ccc12. The number of aromatic nitrogens is 3. The van der Waals surface area contributed by atoms with Gasteiger partial charge in [-0.1, -0.05) is 78.9 Å². The molecule has 0 aliphatic carbocycles. The Balaban J connectivity index is 1.55. The van der Waals surface area contributed by atoms with Crippen LogP contribution in [0.4, 0.5) is 0 Å². The first-order chi connectivity index (χ1) is 16.7. The van der Waals surface area contributed by atoms with Crippen LogP contribution in [-0.4, -0.2) is 27.5 Å². The molecule has 6 rings (SSSR count). The monoisotopic (exact) mass is 460 g/mol. The third-order valence-corrected chi connectivity index (χ3v) is 7.06. The molecule has 0 aliphatic heterocycles. The lowest BCUT2D eigenvalue weighted by Gasteiger charge is -2.08. The highest BCUT2D eigenvalue weighted by Gasteiger charge is 2.19. The number of furan rings is 1. The molecule has 5 heteroatoms. The largest absolute Gasteiger partial charge is 0.451 e. The number of hydrogen-bond donors (Lipinski definition) is 0. The van der Waals surface area contributed by atoms with Gasteiger partial charge >= 0.3 is 0 Å². The van der Waals surface area contributed by atoms with E-state index in [0.29, 0.717) is 17.5 Å². The van der Waals surface area contributed by atoms with Gasteiger partial charge in [0.2, 0.25) is 0 Å². The summed E-state index contributed by atoms with van der Waals surface area (Å²) >= 11 is 0. The van der Waals surface area contributed by atoms with E-state index in [1.54, 1.807) is 0 Å². The molecule has 0 saturated carbocycles. The van der Waals surface area contributed by atoms with E-state index in [0.717, 1.165) is 38.6 Å². The van der Waals surface area contributed by atoms with E-state index in [4.69, 9.17) is 19.4 Å². The summed E-state index contributed by atoms with van der Waals surface area (Å²) in [4.78, 5) is 15.7. The molecule has 0 amide bonds. The zero-order valence-corrected chi connectivity index (χ0v) is 19.7. The highest BCUT2D eigenvalue weighted by Crippen LogP contribution is 2.35. The maximum atomic E-state index is 6.37. The molecule has 164 valence electrons. The predicted octanol–water partition coefficient (Wildman–Crippen LogP) is 7.01. The van der Waals surface area contributed by atoms with Crippen LogP contribution in [0, 0.1) is 0 Å². The summed E-state index contributed by atoms with van der Waals surface area (Å²) in [6.45, 7) is 0. The molecule has 34 heavy (non-hydrogen) atoms. The van der Waals surface area contributed by atoms with Gasteiger partial charge in [-0.15, -0.1) is 0 Å². The third kappa shape index (κ3) is 3.64. The van der Waals surface area contributed by atoms with Gasteiger partial charge in [0.05, 0.1) is 0 Å². The molecule has 0 fully saturated rings. The van der Waals surface area contributed by atoms with Crippen molar-refractivity contribution in [3.8, 4) is 34.2 Å². The Labute approximate surface area is 200 Å². The first-order valence-corrected chi connectivity index (χ1v) is 13.1. The summed E-state index contributed by atoms with van der Waals surface area (Å²) in [5, 5.41) is 2.25. The van der Waals surface area contributed by atoms with Crippen molar-refractivity contribution in [1.29, 1.82) is 0 Å². The Bertz CT molecular complexity index is 1570. The second kappa shape index (κ2) is 8.43. The minimum absolute atomic E-state index is 0.103. The maximum absolute atomic E-state index is 6.37. The van der Waals surface area contributed by atoms with Gasteiger partial charge in [0.1, 0.15) is 18.1 Å². The van der Waals surface area contributed by atoms with Gasteiger partial charge in [0, 0.05) is 38.4 Å². The first kappa shape index (κ1) is 20.6. The average Bonchev–Trinajstić information content (AvgIpc) is 3.27. The van der Waals surface area contributed by atoms with E-state index in [9.17, 15) is 0 Å². The Kier molecular flexibility index (Phi) is 5.12. The van der Waals surface area contributed by atoms with Crippen molar-refractivity contribution < 1.29 is 4.42 Å². The van der Waals surface area contributed by atoms with Gasteiger partial charge in [-0.25, -0.2) is 15.0 Å². The van der Waals surface area contributed by atoms with Crippen LogP contribution in [0.2, 0.25) is 0 Å². The number of benzene rings is 4. The molecule has 4 aromatic carbocycles. The highest BCUT2D eigenvalue weighted by atomic mass is 32.2. The molecule has 0 spiro atoms. The fraction of sp³-hybridized carbons (Fsp3) is 0.0690. The summed E-state index contributed by atoms with van der Waals surface area (Å²) in [6.07, 6.45) is 4.43. The molecule has 2 heterocycles. The molecule has 0 atom stereocenters. The van der Waals surface area contributed by atoms with Crippen LogP contribution in [-0.2, 0) is 10.9 Å². The lowest BCUT2D eigenvalue weighted by molar-refractivity contribution is 0.660. The third-order valence-electron chi connectivity index (χ3n) is 5.86. The quantitative estimate of drug-likeness (QED) is 0.266. The molecule has 0 radical (unpaired) electrons. The van der Waals surface area contributed by atoms with Gasteiger partial charge in [-0.2, -0.15) is 0 Å². The van der Waals surface area contributed by atoms with E-state index in [1.165, 1.54) is 4.90 Å². The summed E-state index contributed by atoms with van der Waals surface area (Å²) in [6, 6.07) is 32.6. The molecule has 0 unspecified atom stereocenters. The summed E-state index contributed by atoms with van der Waals surface area (Å²) in [5.74, 6) is 1.93. The fourth-order valence-corrected chi connectivity index (χ4v) is 5.04. The van der Waals surface area contributed by atoms with Crippen molar-refractivity contribution in [1.82, 2.24) is 15.0 Å². The topological polar surface area (TPSA) is 51.8 Å². The second-order valence-electron chi connectivity index (χ2n) is 8.30. The number of nitrogens with zero attached hydrogens (tertiary/aromatic N) is 3. The van der Waals surface area contributed by atoms with Crippen LogP contribution in [0.15, 0.2) is 106 Å². The van der Waals surface area contributed by atoms with Crippen molar-refractivity contribution in [3.05, 3.63) is 97.1 Å². The van der Waals surface area contributed by atoms with Crippen molar-refractivity contribution in [2.75, 3.05) is 12.5 Å². The average molecular weight is 461 g/mol. The van der Waals surface area contributed by atoms with Crippen molar-refractivity contribution >= 4 is 32.8 Å². The van der Waals surface area contributed by atoms with Crippen LogP contribution in [0.5, 0.6) is 0 Å². The summed E-state index contributed by atoms with van der Waals surface area (Å²) < 4.78 is 6.37. The van der Waals surface area contributed by atoms with Gasteiger partial charge in [0.25, 0.3) is 0 Å². The zero-order chi connectivity index (χ0) is 23.1. The standard InChI is InChI=1S/C29H22N3OS/c1-34(2)25-15-9-14-23-22-17-16-21(18-24(22)33-26(23)25)29-31-27(19-10-5-3-6-11-19)30-28(32-29)20-12-7-4-8-13-20/h3-18H,1-2H3/q+1. The first-order valence-electron chi connectivity index (χ1n) is 11.1. The zero-order valence-electron chi connectivity index (χ0n) is 18.9. The summed E-state index contributed by atoms with van der Waals surface area (Å²) in [7, 11) is 0.103. The normalized spacial score (nSPS) is 11.5. The van der Waals surface area contributed by atoms with E-state index < -0.39 is 0 Å². The molecular weight excluding hydrogens is 438 g/mol. The lowest BCUT2D eigenvalue weighted by Crippen LogP contribution is -2.00. The minimum atomic E-state index is 0.103. The van der Waals surface area contributed by atoms with Gasteiger partial charge in [-0.3, -0.25) is 0 Å². The van der Waals surface area contributed by atoms with Crippen LogP contribution in [0.1, 0.15) is 0 Å². The maximum Gasteiger partial charge on any atom is 0.197 e. The number of rotatable bonds is 4. The van der Waals surface area contributed by atoms with Crippen molar-refractivity contribution in [2.45, 2.75) is 4.90 Å². The Morgan fingerprint density at radius 3 is 1.74 bits per heavy atom. The molecule has 0 aliphatic rings. The Morgan fingerprint density at radius 1 is 0.559 bits per heavy atom. The molecule has 0 N–H and O–H groups in total. The molecule has 4 nitrogen and oxygen atoms in total.